The van der Waals surface area contributed by atoms with Crippen LogP contribution in [-0.2, 0) is 17.9 Å². The van der Waals surface area contributed by atoms with E-state index in [1.54, 1.807) is 12.3 Å². The highest BCUT2D eigenvalue weighted by atomic mass is 16.5. The summed E-state index contributed by atoms with van der Waals surface area (Å²) in [5.41, 5.74) is 3.35. The number of hydrogen-bond acceptors (Lipinski definition) is 10. The van der Waals surface area contributed by atoms with E-state index in [1.165, 1.54) is 0 Å². The zero-order valence-corrected chi connectivity index (χ0v) is 22.4. The Morgan fingerprint density at radius 2 is 1.90 bits per heavy atom. The molecule has 4 heterocycles. The van der Waals surface area contributed by atoms with Gasteiger partial charge < -0.3 is 25.4 Å². The number of ether oxygens (including phenoxy) is 1. The lowest BCUT2D eigenvalue weighted by Crippen LogP contribution is -2.47. The number of aromatic nitrogens is 5. The van der Waals surface area contributed by atoms with Crippen LogP contribution < -0.4 is 15.5 Å². The minimum Gasteiger partial charge on any atom is -0.443 e. The maximum absolute atomic E-state index is 12.0. The molecule has 1 fully saturated rings. The first kappa shape index (κ1) is 27.0. The maximum Gasteiger partial charge on any atom is 0.407 e. The van der Waals surface area contributed by atoms with Crippen LogP contribution in [0, 0.1) is 6.92 Å². The Morgan fingerprint density at radius 1 is 1.07 bits per heavy atom. The molecule has 1 aliphatic heterocycles. The number of aryl methyl sites for hydroxylation is 1. The molecular weight excluding hydrogens is 510 g/mol. The second kappa shape index (κ2) is 13.0. The fourth-order valence-electron chi connectivity index (χ4n) is 4.43. The van der Waals surface area contributed by atoms with Crippen LogP contribution in [0.3, 0.4) is 0 Å². The summed E-state index contributed by atoms with van der Waals surface area (Å²) in [4.78, 5) is 29.8. The number of nitrogens with zero attached hydrogens (tertiary/aromatic N) is 6. The zero-order valence-electron chi connectivity index (χ0n) is 22.4. The molecule has 1 aliphatic rings. The van der Waals surface area contributed by atoms with Crippen LogP contribution in [0.15, 0.2) is 60.8 Å². The molecule has 0 saturated carbocycles. The van der Waals surface area contributed by atoms with Gasteiger partial charge in [-0.3, -0.25) is 15.0 Å². The lowest BCUT2D eigenvalue weighted by Gasteiger charge is -2.35. The first-order chi connectivity index (χ1) is 19.6. The molecule has 5 rings (SSSR count). The van der Waals surface area contributed by atoms with Crippen molar-refractivity contribution in [3.8, 4) is 11.3 Å². The van der Waals surface area contributed by atoms with Gasteiger partial charge in [0.05, 0.1) is 18.0 Å². The smallest absolute Gasteiger partial charge is 0.407 e. The summed E-state index contributed by atoms with van der Waals surface area (Å²) in [6.45, 7) is 6.71. The average molecular weight is 544 g/mol. The number of amides is 1. The molecule has 3 aromatic heterocycles. The lowest BCUT2D eigenvalue weighted by molar-refractivity contribution is 0.137. The number of rotatable bonds is 10. The van der Waals surface area contributed by atoms with Crippen LogP contribution in [0.1, 0.15) is 17.1 Å². The van der Waals surface area contributed by atoms with Crippen molar-refractivity contribution in [1.29, 1.82) is 0 Å². The van der Waals surface area contributed by atoms with Crippen LogP contribution in [0.25, 0.3) is 11.3 Å². The Bertz CT molecular complexity index is 1390. The van der Waals surface area contributed by atoms with Crippen LogP contribution in [0.5, 0.6) is 0 Å². The highest BCUT2D eigenvalue weighted by Gasteiger charge is 2.19. The van der Waals surface area contributed by atoms with Crippen molar-refractivity contribution in [2.45, 2.75) is 20.1 Å². The Kier molecular flexibility index (Phi) is 8.79. The van der Waals surface area contributed by atoms with E-state index in [9.17, 15) is 9.90 Å². The monoisotopic (exact) mass is 543 g/mol. The summed E-state index contributed by atoms with van der Waals surface area (Å²) in [5.74, 6) is 2.96. The van der Waals surface area contributed by atoms with Gasteiger partial charge in [0.25, 0.3) is 0 Å². The fourth-order valence-corrected chi connectivity index (χ4v) is 4.43. The summed E-state index contributed by atoms with van der Waals surface area (Å²) in [5, 5.41) is 22.7. The van der Waals surface area contributed by atoms with Gasteiger partial charge in [-0.15, -0.1) is 0 Å². The molecule has 0 spiro atoms. The van der Waals surface area contributed by atoms with E-state index in [0.29, 0.717) is 36.2 Å². The number of anilines is 3. The average Bonchev–Trinajstić information content (AvgIpc) is 3.44. The van der Waals surface area contributed by atoms with Gasteiger partial charge in [-0.2, -0.15) is 5.10 Å². The van der Waals surface area contributed by atoms with E-state index in [1.807, 2.05) is 55.5 Å². The van der Waals surface area contributed by atoms with Gasteiger partial charge in [0.1, 0.15) is 29.9 Å². The number of nitrogens with one attached hydrogen (secondary N) is 3. The summed E-state index contributed by atoms with van der Waals surface area (Å²) in [6.07, 6.45) is 1.17. The van der Waals surface area contributed by atoms with Crippen LogP contribution in [0.4, 0.5) is 22.2 Å². The SMILES string of the molecule is Cc1nc(Nc2cc(-c3ccc(CNC(=O)OCc4ccccn4)cc3)n[nH]2)cc(N2CCN(CCO)CC2)n1. The predicted octanol–water partition coefficient (Wildman–Crippen LogP) is 2.85. The van der Waals surface area contributed by atoms with E-state index in [2.05, 4.69) is 45.6 Å². The Labute approximate surface area is 232 Å². The van der Waals surface area contributed by atoms with Crippen LogP contribution >= 0.6 is 0 Å². The second-order valence-corrected chi connectivity index (χ2v) is 9.45. The normalized spacial score (nSPS) is 13.7. The van der Waals surface area contributed by atoms with Gasteiger partial charge in [-0.1, -0.05) is 30.3 Å². The van der Waals surface area contributed by atoms with Crippen molar-refractivity contribution >= 4 is 23.5 Å². The standard InChI is InChI=1S/C28H33N9O3/c1-20-31-25(17-27(32-20)37-12-10-36(11-13-37)14-15-38)33-26-16-24(34-35-26)22-7-5-21(6-8-22)18-30-28(39)40-19-23-4-2-3-9-29-23/h2-9,16-17,38H,10-15,18-19H2,1H3,(H,30,39)(H2,31,32,33,34,35). The molecule has 0 atom stereocenters. The predicted molar refractivity (Wildman–Crippen MR) is 151 cm³/mol. The fraction of sp³-hybridized carbons (Fsp3) is 0.321. The van der Waals surface area contributed by atoms with Crippen molar-refractivity contribution in [3.05, 3.63) is 77.9 Å². The van der Waals surface area contributed by atoms with Crippen molar-refractivity contribution in [1.82, 2.24) is 35.4 Å². The van der Waals surface area contributed by atoms with E-state index >= 15 is 0 Å². The Balaban J connectivity index is 1.14. The summed E-state index contributed by atoms with van der Waals surface area (Å²) < 4.78 is 5.20. The first-order valence-electron chi connectivity index (χ1n) is 13.2. The van der Waals surface area contributed by atoms with Gasteiger partial charge in [0.15, 0.2) is 0 Å². The van der Waals surface area contributed by atoms with Crippen molar-refractivity contribution in [2.24, 2.45) is 0 Å². The minimum atomic E-state index is -0.496. The van der Waals surface area contributed by atoms with Crippen molar-refractivity contribution in [2.75, 3.05) is 49.5 Å². The zero-order chi connectivity index (χ0) is 27.7. The van der Waals surface area contributed by atoms with E-state index in [0.717, 1.165) is 48.8 Å². The quantitative estimate of drug-likeness (QED) is 0.236. The summed E-state index contributed by atoms with van der Waals surface area (Å²) in [7, 11) is 0. The number of piperazine rings is 1. The van der Waals surface area contributed by atoms with Gasteiger partial charge in [0.2, 0.25) is 0 Å². The number of carbonyl (C=O) groups is 1. The third kappa shape index (κ3) is 7.30. The highest BCUT2D eigenvalue weighted by Crippen LogP contribution is 2.24. The number of β-amino-alcohol motifs (C(OH)–C–C–N with tert-alkyl or cyclic N) is 1. The number of H-pyrrole nitrogens is 1. The Morgan fingerprint density at radius 3 is 2.65 bits per heavy atom. The molecule has 1 saturated heterocycles. The third-order valence-corrected chi connectivity index (χ3v) is 6.54. The van der Waals surface area contributed by atoms with Gasteiger partial charge in [0, 0.05) is 63.2 Å². The number of aliphatic hydroxyl groups excluding tert-OH is 1. The molecule has 4 N–H and O–H groups in total. The summed E-state index contributed by atoms with van der Waals surface area (Å²) >= 11 is 0. The molecule has 0 unspecified atom stereocenters. The molecule has 12 nitrogen and oxygen atoms in total. The van der Waals surface area contributed by atoms with E-state index in [-0.39, 0.29) is 13.2 Å². The molecule has 4 aromatic rings. The number of alkyl carbamates (subject to hydrolysis) is 1. The van der Waals surface area contributed by atoms with Gasteiger partial charge >= 0.3 is 6.09 Å². The van der Waals surface area contributed by atoms with Crippen LogP contribution in [-0.4, -0.2) is 80.6 Å². The minimum absolute atomic E-state index is 0.124. The van der Waals surface area contributed by atoms with Crippen molar-refractivity contribution < 1.29 is 14.6 Å². The lowest BCUT2D eigenvalue weighted by atomic mass is 10.1. The van der Waals surface area contributed by atoms with Crippen LogP contribution in [0.2, 0.25) is 0 Å². The molecule has 208 valence electrons. The second-order valence-electron chi connectivity index (χ2n) is 9.45. The maximum atomic E-state index is 12.0. The molecule has 0 radical (unpaired) electrons. The van der Waals surface area contributed by atoms with E-state index < -0.39 is 6.09 Å². The first-order valence-corrected chi connectivity index (χ1v) is 13.2. The molecule has 40 heavy (non-hydrogen) atoms. The van der Waals surface area contributed by atoms with Gasteiger partial charge in [-0.25, -0.2) is 14.8 Å². The number of carbonyl (C=O) groups excluding carboxylic acids is 1. The largest absolute Gasteiger partial charge is 0.443 e. The number of pyridine rings is 1. The number of aromatic amines is 1. The van der Waals surface area contributed by atoms with E-state index in [4.69, 9.17) is 4.74 Å². The third-order valence-electron chi connectivity index (χ3n) is 6.54. The molecule has 0 aliphatic carbocycles. The number of benzene rings is 1. The van der Waals surface area contributed by atoms with Gasteiger partial charge in [-0.05, 0) is 24.6 Å². The molecule has 1 aromatic carbocycles. The summed E-state index contributed by atoms with van der Waals surface area (Å²) in [6, 6.07) is 17.1. The Hall–Kier alpha value is -4.55. The molecule has 1 amide bonds. The number of aliphatic hydroxyl groups is 1. The highest BCUT2D eigenvalue weighted by molar-refractivity contribution is 5.68. The topological polar surface area (TPSA) is 144 Å². The molecule has 0 bridgehead atoms. The molecular formula is C28H33N9O3. The van der Waals surface area contributed by atoms with Crippen molar-refractivity contribution in [3.63, 3.8) is 0 Å². The number of hydrogen-bond donors (Lipinski definition) is 4. The molecule has 12 heteroatoms.